The summed E-state index contributed by atoms with van der Waals surface area (Å²) in [6.45, 7) is 5.10. The average molecular weight is 437 g/mol. The SMILES string of the molecule is CCOC(=O)c1[nH]c(C)c(C(=O)CN(Cc2cccnc2)C(=O)c2cccc(F)c2)c1C. The molecule has 0 aliphatic carbocycles. The number of amides is 1. The molecule has 0 atom stereocenters. The maximum atomic E-state index is 13.7. The molecule has 0 unspecified atom stereocenters. The minimum Gasteiger partial charge on any atom is -0.461 e. The van der Waals surface area contributed by atoms with Crippen molar-refractivity contribution >= 4 is 17.7 Å². The molecule has 7 nitrogen and oxygen atoms in total. The van der Waals surface area contributed by atoms with Crippen molar-refractivity contribution in [2.75, 3.05) is 13.2 Å². The summed E-state index contributed by atoms with van der Waals surface area (Å²) in [5, 5.41) is 0. The second-order valence-corrected chi connectivity index (χ2v) is 7.30. The van der Waals surface area contributed by atoms with Gasteiger partial charge in [0.05, 0.1) is 13.2 Å². The molecular formula is C24H24FN3O4. The Balaban J connectivity index is 1.92. The topological polar surface area (TPSA) is 92.4 Å². The third kappa shape index (κ3) is 5.08. The first kappa shape index (κ1) is 22.9. The Morgan fingerprint density at radius 3 is 2.59 bits per heavy atom. The van der Waals surface area contributed by atoms with Crippen LogP contribution in [0.15, 0.2) is 48.8 Å². The fourth-order valence-corrected chi connectivity index (χ4v) is 3.54. The highest BCUT2D eigenvalue weighted by atomic mass is 19.1. The Kier molecular flexibility index (Phi) is 7.14. The Hall–Kier alpha value is -3.81. The molecule has 2 heterocycles. The summed E-state index contributed by atoms with van der Waals surface area (Å²) in [6, 6.07) is 8.84. The first-order valence-corrected chi connectivity index (χ1v) is 10.1. The summed E-state index contributed by atoms with van der Waals surface area (Å²) in [6.07, 6.45) is 3.21. The molecule has 0 fully saturated rings. The van der Waals surface area contributed by atoms with Crippen LogP contribution in [0.5, 0.6) is 0 Å². The normalized spacial score (nSPS) is 10.6. The van der Waals surface area contributed by atoms with Gasteiger partial charge in [0, 0.05) is 35.8 Å². The minimum atomic E-state index is -0.546. The highest BCUT2D eigenvalue weighted by Gasteiger charge is 2.26. The molecule has 8 heteroatoms. The van der Waals surface area contributed by atoms with Crippen molar-refractivity contribution in [2.45, 2.75) is 27.3 Å². The number of benzene rings is 1. The second-order valence-electron chi connectivity index (χ2n) is 7.30. The Morgan fingerprint density at radius 2 is 1.94 bits per heavy atom. The van der Waals surface area contributed by atoms with Crippen LogP contribution in [0.2, 0.25) is 0 Å². The molecule has 3 rings (SSSR count). The number of carbonyl (C=O) groups is 3. The molecule has 0 aliphatic heterocycles. The largest absolute Gasteiger partial charge is 0.461 e. The smallest absolute Gasteiger partial charge is 0.355 e. The number of carbonyl (C=O) groups excluding carboxylic acids is 3. The molecule has 0 radical (unpaired) electrons. The van der Waals surface area contributed by atoms with E-state index in [9.17, 15) is 18.8 Å². The van der Waals surface area contributed by atoms with Crippen LogP contribution in [0, 0.1) is 19.7 Å². The summed E-state index contributed by atoms with van der Waals surface area (Å²) in [4.78, 5) is 46.8. The molecule has 1 N–H and O–H groups in total. The molecule has 2 aromatic heterocycles. The molecular weight excluding hydrogens is 413 g/mol. The second kappa shape index (κ2) is 10.00. The first-order chi connectivity index (χ1) is 15.3. The Bertz CT molecular complexity index is 1140. The first-order valence-electron chi connectivity index (χ1n) is 10.1. The zero-order chi connectivity index (χ0) is 23.3. The van der Waals surface area contributed by atoms with Crippen molar-refractivity contribution in [3.05, 3.63) is 88.3 Å². The maximum Gasteiger partial charge on any atom is 0.355 e. The third-order valence-electron chi connectivity index (χ3n) is 4.99. The van der Waals surface area contributed by atoms with Gasteiger partial charge in [-0.2, -0.15) is 0 Å². The van der Waals surface area contributed by atoms with Crippen LogP contribution < -0.4 is 0 Å². The number of aryl methyl sites for hydroxylation is 1. The molecule has 32 heavy (non-hydrogen) atoms. The number of hydrogen-bond acceptors (Lipinski definition) is 5. The van der Waals surface area contributed by atoms with Crippen molar-refractivity contribution in [1.82, 2.24) is 14.9 Å². The number of ether oxygens (including phenoxy) is 1. The Labute approximate surface area is 185 Å². The number of Topliss-reactive ketones (excluding diaryl/α,β-unsaturated/α-hetero) is 1. The van der Waals surface area contributed by atoms with Crippen LogP contribution in [0.25, 0.3) is 0 Å². The van der Waals surface area contributed by atoms with E-state index >= 15 is 0 Å². The fraction of sp³-hybridized carbons (Fsp3) is 0.250. The number of H-pyrrole nitrogens is 1. The van der Waals surface area contributed by atoms with Gasteiger partial charge in [0.1, 0.15) is 11.5 Å². The highest BCUT2D eigenvalue weighted by molar-refractivity contribution is 6.05. The number of pyridine rings is 1. The lowest BCUT2D eigenvalue weighted by molar-refractivity contribution is 0.0519. The number of esters is 1. The van der Waals surface area contributed by atoms with Gasteiger partial charge in [0.15, 0.2) is 5.78 Å². The number of rotatable bonds is 8. The fourth-order valence-electron chi connectivity index (χ4n) is 3.54. The van der Waals surface area contributed by atoms with E-state index in [1.165, 1.54) is 23.1 Å². The van der Waals surface area contributed by atoms with E-state index in [0.717, 1.165) is 11.6 Å². The van der Waals surface area contributed by atoms with Crippen molar-refractivity contribution in [2.24, 2.45) is 0 Å². The van der Waals surface area contributed by atoms with Gasteiger partial charge in [-0.15, -0.1) is 0 Å². The molecule has 0 saturated heterocycles. The summed E-state index contributed by atoms with van der Waals surface area (Å²) in [7, 11) is 0. The molecule has 1 aromatic carbocycles. The van der Waals surface area contributed by atoms with Gasteiger partial charge in [-0.05, 0) is 56.2 Å². The molecule has 3 aromatic rings. The van der Waals surface area contributed by atoms with Crippen LogP contribution >= 0.6 is 0 Å². The van der Waals surface area contributed by atoms with Crippen molar-refractivity contribution < 1.29 is 23.5 Å². The molecule has 1 amide bonds. The number of aromatic amines is 1. The van der Waals surface area contributed by atoms with Gasteiger partial charge >= 0.3 is 5.97 Å². The van der Waals surface area contributed by atoms with E-state index in [1.54, 1.807) is 45.3 Å². The van der Waals surface area contributed by atoms with E-state index in [4.69, 9.17) is 4.74 Å². The molecule has 0 spiro atoms. The predicted molar refractivity (Wildman–Crippen MR) is 116 cm³/mol. The van der Waals surface area contributed by atoms with Crippen molar-refractivity contribution in [3.63, 3.8) is 0 Å². The molecule has 166 valence electrons. The van der Waals surface area contributed by atoms with E-state index in [2.05, 4.69) is 9.97 Å². The Morgan fingerprint density at radius 1 is 1.16 bits per heavy atom. The van der Waals surface area contributed by atoms with Crippen LogP contribution in [0.1, 0.15) is 54.9 Å². The van der Waals surface area contributed by atoms with Gasteiger partial charge in [0.2, 0.25) is 0 Å². The molecule has 0 bridgehead atoms. The van der Waals surface area contributed by atoms with Gasteiger partial charge in [-0.3, -0.25) is 14.6 Å². The van der Waals surface area contributed by atoms with E-state index in [1.807, 2.05) is 0 Å². The van der Waals surface area contributed by atoms with E-state index < -0.39 is 17.7 Å². The average Bonchev–Trinajstić information content (AvgIpc) is 3.07. The van der Waals surface area contributed by atoms with Crippen LogP contribution in [0.4, 0.5) is 4.39 Å². The lowest BCUT2D eigenvalue weighted by atomic mass is 10.0. The van der Waals surface area contributed by atoms with Gasteiger partial charge in [0.25, 0.3) is 5.91 Å². The van der Waals surface area contributed by atoms with E-state index in [0.29, 0.717) is 16.8 Å². The third-order valence-corrected chi connectivity index (χ3v) is 4.99. The quantitative estimate of drug-likeness (QED) is 0.427. The van der Waals surface area contributed by atoms with Crippen LogP contribution in [0.3, 0.4) is 0 Å². The highest BCUT2D eigenvalue weighted by Crippen LogP contribution is 2.21. The number of hydrogen-bond donors (Lipinski definition) is 1. The summed E-state index contributed by atoms with van der Waals surface area (Å²) >= 11 is 0. The zero-order valence-corrected chi connectivity index (χ0v) is 18.1. The van der Waals surface area contributed by atoms with Gasteiger partial charge in [-0.1, -0.05) is 12.1 Å². The maximum absolute atomic E-state index is 13.7. The number of ketones is 1. The lowest BCUT2D eigenvalue weighted by Gasteiger charge is -2.22. The molecule has 0 saturated carbocycles. The number of halogens is 1. The minimum absolute atomic E-state index is 0.113. The van der Waals surface area contributed by atoms with Crippen LogP contribution in [-0.2, 0) is 11.3 Å². The summed E-state index contributed by atoms with van der Waals surface area (Å²) in [5.74, 6) is -1.92. The van der Waals surface area contributed by atoms with E-state index in [-0.39, 0.29) is 36.7 Å². The van der Waals surface area contributed by atoms with Gasteiger partial charge in [-0.25, -0.2) is 9.18 Å². The summed E-state index contributed by atoms with van der Waals surface area (Å²) in [5.41, 5.74) is 2.37. The van der Waals surface area contributed by atoms with Gasteiger partial charge < -0.3 is 14.6 Å². The number of aromatic nitrogens is 2. The molecule has 0 aliphatic rings. The zero-order valence-electron chi connectivity index (χ0n) is 18.1. The van der Waals surface area contributed by atoms with Crippen LogP contribution in [-0.4, -0.2) is 45.7 Å². The number of nitrogens with zero attached hydrogens (tertiary/aromatic N) is 2. The van der Waals surface area contributed by atoms with Crippen molar-refractivity contribution in [3.8, 4) is 0 Å². The lowest BCUT2D eigenvalue weighted by Crippen LogP contribution is -2.35. The monoisotopic (exact) mass is 437 g/mol. The summed E-state index contributed by atoms with van der Waals surface area (Å²) < 4.78 is 18.7. The number of nitrogens with one attached hydrogen (secondary N) is 1. The predicted octanol–water partition coefficient (Wildman–Crippen LogP) is 3.87. The standard InChI is InChI=1S/C24H24FN3O4/c1-4-32-24(31)22-15(2)21(16(3)27-22)20(29)14-28(13-17-7-6-10-26-12-17)23(30)18-8-5-9-19(25)11-18/h5-12,27H,4,13-14H2,1-3H3. The van der Waals surface area contributed by atoms with Crippen molar-refractivity contribution in [1.29, 1.82) is 0 Å².